The van der Waals surface area contributed by atoms with Crippen molar-refractivity contribution < 1.29 is 18.0 Å². The molecular weight excluding hydrogens is 301 g/mol. The summed E-state index contributed by atoms with van der Waals surface area (Å²) in [6.45, 7) is 0. The molecule has 0 bridgehead atoms. The van der Waals surface area contributed by atoms with Crippen molar-refractivity contribution in [1.29, 1.82) is 0 Å². The van der Waals surface area contributed by atoms with Crippen LogP contribution in [0.1, 0.15) is 21.5 Å². The summed E-state index contributed by atoms with van der Waals surface area (Å²) in [7, 11) is 0. The normalized spacial score (nSPS) is 12.3. The van der Waals surface area contributed by atoms with E-state index >= 15 is 0 Å². The number of benzene rings is 2. The number of halogens is 4. The molecular formula is C16H10ClF3O. The fraction of sp³-hybridized carbons (Fsp3) is 0.0625. The van der Waals surface area contributed by atoms with Crippen LogP contribution in [0.4, 0.5) is 13.2 Å². The van der Waals surface area contributed by atoms with Crippen molar-refractivity contribution >= 4 is 22.4 Å². The zero-order chi connectivity index (χ0) is 15.5. The molecule has 5 heteroatoms. The van der Waals surface area contributed by atoms with Crippen LogP contribution in [0.2, 0.25) is 0 Å². The predicted octanol–water partition coefficient (Wildman–Crippen LogP) is 5.17. The summed E-state index contributed by atoms with van der Waals surface area (Å²) < 4.78 is 37.3. The van der Waals surface area contributed by atoms with Crippen LogP contribution in [-0.4, -0.2) is 5.78 Å². The Morgan fingerprint density at radius 1 is 0.905 bits per heavy atom. The Kier molecular flexibility index (Phi) is 4.48. The Morgan fingerprint density at radius 2 is 1.48 bits per heavy atom. The van der Waals surface area contributed by atoms with Gasteiger partial charge >= 0.3 is 6.18 Å². The van der Waals surface area contributed by atoms with Crippen molar-refractivity contribution in [2.45, 2.75) is 6.18 Å². The molecule has 0 heterocycles. The molecule has 0 N–H and O–H groups in total. The van der Waals surface area contributed by atoms with Crippen molar-refractivity contribution in [3.05, 3.63) is 77.4 Å². The molecule has 0 aliphatic heterocycles. The molecule has 0 saturated carbocycles. The van der Waals surface area contributed by atoms with Crippen molar-refractivity contribution in [3.63, 3.8) is 0 Å². The lowest BCUT2D eigenvalue weighted by Gasteiger charge is -2.06. The van der Waals surface area contributed by atoms with E-state index in [1.165, 1.54) is 6.08 Å². The first-order chi connectivity index (χ1) is 9.88. The van der Waals surface area contributed by atoms with Crippen LogP contribution >= 0.6 is 11.6 Å². The van der Waals surface area contributed by atoms with Gasteiger partial charge in [0, 0.05) is 11.6 Å². The van der Waals surface area contributed by atoms with Crippen molar-refractivity contribution in [3.8, 4) is 0 Å². The minimum Gasteiger partial charge on any atom is -0.289 e. The maximum atomic E-state index is 12.4. The monoisotopic (exact) mass is 310 g/mol. The Morgan fingerprint density at radius 3 is 2.00 bits per heavy atom. The fourth-order valence-electron chi connectivity index (χ4n) is 1.70. The smallest absolute Gasteiger partial charge is 0.289 e. The molecule has 21 heavy (non-hydrogen) atoms. The SMILES string of the molecule is O=C(/C=C(\Cl)c1ccccc1)c1ccc(C(F)(F)F)cc1. The first-order valence-electron chi connectivity index (χ1n) is 6.02. The molecule has 0 fully saturated rings. The summed E-state index contributed by atoms with van der Waals surface area (Å²) in [6, 6.07) is 12.8. The number of alkyl halides is 3. The van der Waals surface area contributed by atoms with Gasteiger partial charge in [0.2, 0.25) is 0 Å². The van der Waals surface area contributed by atoms with Crippen LogP contribution in [0.15, 0.2) is 60.7 Å². The van der Waals surface area contributed by atoms with E-state index in [4.69, 9.17) is 11.6 Å². The highest BCUT2D eigenvalue weighted by molar-refractivity contribution is 6.50. The minimum atomic E-state index is -4.42. The van der Waals surface area contributed by atoms with Gasteiger partial charge in [0.05, 0.1) is 10.6 Å². The lowest BCUT2D eigenvalue weighted by Crippen LogP contribution is -2.05. The molecule has 0 aliphatic rings. The van der Waals surface area contributed by atoms with E-state index in [0.717, 1.165) is 24.3 Å². The molecule has 0 radical (unpaired) electrons. The highest BCUT2D eigenvalue weighted by atomic mass is 35.5. The zero-order valence-corrected chi connectivity index (χ0v) is 11.4. The van der Waals surface area contributed by atoms with Gasteiger partial charge in [-0.25, -0.2) is 0 Å². The Balaban J connectivity index is 2.21. The molecule has 0 unspecified atom stereocenters. The number of carbonyl (C=O) groups excluding carboxylic acids is 1. The van der Waals surface area contributed by atoms with Crippen molar-refractivity contribution in [2.75, 3.05) is 0 Å². The summed E-state index contributed by atoms with van der Waals surface area (Å²) in [5, 5.41) is 0.237. The van der Waals surface area contributed by atoms with Gasteiger partial charge in [0.15, 0.2) is 5.78 Å². The van der Waals surface area contributed by atoms with Gasteiger partial charge in [0.25, 0.3) is 0 Å². The summed E-state index contributed by atoms with van der Waals surface area (Å²) >= 11 is 6.02. The summed E-state index contributed by atoms with van der Waals surface area (Å²) in [4.78, 5) is 11.9. The lowest BCUT2D eigenvalue weighted by atomic mass is 10.1. The number of hydrogen-bond donors (Lipinski definition) is 0. The lowest BCUT2D eigenvalue weighted by molar-refractivity contribution is -0.137. The molecule has 0 spiro atoms. The second-order valence-corrected chi connectivity index (χ2v) is 4.70. The first kappa shape index (κ1) is 15.3. The van der Waals surface area contributed by atoms with E-state index in [0.29, 0.717) is 5.56 Å². The molecule has 0 aliphatic carbocycles. The number of hydrogen-bond acceptors (Lipinski definition) is 1. The second kappa shape index (κ2) is 6.14. The van der Waals surface area contributed by atoms with Crippen LogP contribution in [0, 0.1) is 0 Å². The maximum absolute atomic E-state index is 12.4. The quantitative estimate of drug-likeness (QED) is 0.565. The van der Waals surface area contributed by atoms with E-state index in [1.54, 1.807) is 24.3 Å². The van der Waals surface area contributed by atoms with Gasteiger partial charge in [0.1, 0.15) is 0 Å². The van der Waals surface area contributed by atoms with E-state index in [1.807, 2.05) is 6.07 Å². The minimum absolute atomic E-state index is 0.150. The van der Waals surface area contributed by atoms with Gasteiger partial charge < -0.3 is 0 Å². The third-order valence-electron chi connectivity index (χ3n) is 2.80. The molecule has 0 saturated heterocycles. The highest BCUT2D eigenvalue weighted by Crippen LogP contribution is 2.29. The van der Waals surface area contributed by atoms with E-state index in [2.05, 4.69) is 0 Å². The molecule has 2 aromatic carbocycles. The number of carbonyl (C=O) groups is 1. The van der Waals surface area contributed by atoms with Gasteiger partial charge in [-0.3, -0.25) is 4.79 Å². The Labute approximate surface area is 124 Å². The Bertz CT molecular complexity index is 658. The number of allylic oxidation sites excluding steroid dienone is 1. The van der Waals surface area contributed by atoms with Crippen molar-refractivity contribution in [1.82, 2.24) is 0 Å². The molecule has 2 rings (SSSR count). The van der Waals surface area contributed by atoms with E-state index in [-0.39, 0.29) is 10.6 Å². The Hall–Kier alpha value is -2.07. The van der Waals surface area contributed by atoms with Crippen LogP contribution in [0.3, 0.4) is 0 Å². The average Bonchev–Trinajstić information content (AvgIpc) is 2.47. The second-order valence-electron chi connectivity index (χ2n) is 4.30. The van der Waals surface area contributed by atoms with E-state index < -0.39 is 17.5 Å². The molecule has 1 nitrogen and oxygen atoms in total. The summed E-state index contributed by atoms with van der Waals surface area (Å²) in [6.07, 6.45) is -3.22. The van der Waals surface area contributed by atoms with Gasteiger partial charge in [-0.1, -0.05) is 54.1 Å². The topological polar surface area (TPSA) is 17.1 Å². The predicted molar refractivity (Wildman–Crippen MR) is 76.0 cm³/mol. The van der Waals surface area contributed by atoms with Crippen LogP contribution in [0.5, 0.6) is 0 Å². The number of ketones is 1. The van der Waals surface area contributed by atoms with Crippen LogP contribution in [0.25, 0.3) is 5.03 Å². The molecule has 2 aromatic rings. The third-order valence-corrected chi connectivity index (χ3v) is 3.13. The molecule has 108 valence electrons. The maximum Gasteiger partial charge on any atom is 0.416 e. The van der Waals surface area contributed by atoms with Gasteiger partial charge in [-0.2, -0.15) is 13.2 Å². The average molecular weight is 311 g/mol. The zero-order valence-electron chi connectivity index (χ0n) is 10.7. The largest absolute Gasteiger partial charge is 0.416 e. The summed E-state index contributed by atoms with van der Waals surface area (Å²) in [5.41, 5.74) is 0.0219. The highest BCUT2D eigenvalue weighted by Gasteiger charge is 2.30. The summed E-state index contributed by atoms with van der Waals surface area (Å²) in [5.74, 6) is -0.447. The molecule has 0 atom stereocenters. The fourth-order valence-corrected chi connectivity index (χ4v) is 1.93. The van der Waals surface area contributed by atoms with Crippen molar-refractivity contribution in [2.24, 2.45) is 0 Å². The first-order valence-corrected chi connectivity index (χ1v) is 6.40. The number of rotatable bonds is 3. The standard InChI is InChI=1S/C16H10ClF3O/c17-14(11-4-2-1-3-5-11)10-15(21)12-6-8-13(9-7-12)16(18,19)20/h1-10H/b14-10-. The molecule has 0 amide bonds. The third kappa shape index (κ3) is 3.95. The molecule has 0 aromatic heterocycles. The van der Waals surface area contributed by atoms with Crippen LogP contribution in [-0.2, 0) is 6.18 Å². The van der Waals surface area contributed by atoms with Gasteiger partial charge in [-0.15, -0.1) is 0 Å². The van der Waals surface area contributed by atoms with E-state index in [9.17, 15) is 18.0 Å². The van der Waals surface area contributed by atoms with Crippen LogP contribution < -0.4 is 0 Å². The van der Waals surface area contributed by atoms with Gasteiger partial charge in [-0.05, 0) is 17.7 Å².